The Morgan fingerprint density at radius 3 is 2.62 bits per heavy atom. The van der Waals surface area contributed by atoms with Gasteiger partial charge in [0.25, 0.3) is 0 Å². The first-order valence-electron chi connectivity index (χ1n) is 9.71. The SMILES string of the molecule is Cc1nn(CC(C)C)c(C)c1CC(=O)Nc1cc(C2CCCC2)nn1C. The summed E-state index contributed by atoms with van der Waals surface area (Å²) < 4.78 is 3.80. The first-order chi connectivity index (χ1) is 12.3. The number of aromatic nitrogens is 4. The third-order valence-electron chi connectivity index (χ3n) is 5.35. The molecule has 6 nitrogen and oxygen atoms in total. The van der Waals surface area contributed by atoms with Gasteiger partial charge in [-0.05, 0) is 32.6 Å². The molecule has 2 heterocycles. The van der Waals surface area contributed by atoms with Crippen molar-refractivity contribution in [3.63, 3.8) is 0 Å². The molecule has 0 atom stereocenters. The van der Waals surface area contributed by atoms with E-state index < -0.39 is 0 Å². The predicted octanol–water partition coefficient (Wildman–Crippen LogP) is 3.73. The Labute approximate surface area is 156 Å². The van der Waals surface area contributed by atoms with Crippen LogP contribution in [0.5, 0.6) is 0 Å². The van der Waals surface area contributed by atoms with E-state index in [9.17, 15) is 4.79 Å². The maximum Gasteiger partial charge on any atom is 0.230 e. The third kappa shape index (κ3) is 4.00. The predicted molar refractivity (Wildman–Crippen MR) is 103 cm³/mol. The first-order valence-corrected chi connectivity index (χ1v) is 9.71. The van der Waals surface area contributed by atoms with Crippen molar-refractivity contribution in [1.29, 1.82) is 0 Å². The summed E-state index contributed by atoms with van der Waals surface area (Å²) in [5.41, 5.74) is 4.16. The molecule has 2 aromatic heterocycles. The van der Waals surface area contributed by atoms with Gasteiger partial charge in [-0.1, -0.05) is 26.7 Å². The average molecular weight is 358 g/mol. The van der Waals surface area contributed by atoms with Gasteiger partial charge in [-0.15, -0.1) is 0 Å². The molecule has 0 aromatic carbocycles. The highest BCUT2D eigenvalue weighted by Gasteiger charge is 2.22. The van der Waals surface area contributed by atoms with E-state index in [1.165, 1.54) is 25.7 Å². The van der Waals surface area contributed by atoms with E-state index in [1.54, 1.807) is 4.68 Å². The minimum Gasteiger partial charge on any atom is -0.311 e. The molecule has 1 aliphatic rings. The molecule has 0 spiro atoms. The molecule has 1 saturated carbocycles. The maximum atomic E-state index is 12.6. The number of nitrogens with zero attached hydrogens (tertiary/aromatic N) is 4. The number of anilines is 1. The van der Waals surface area contributed by atoms with Crippen LogP contribution in [0.2, 0.25) is 0 Å². The van der Waals surface area contributed by atoms with Gasteiger partial charge in [-0.3, -0.25) is 14.2 Å². The van der Waals surface area contributed by atoms with Crippen LogP contribution in [0.4, 0.5) is 5.82 Å². The molecular formula is C20H31N5O. The summed E-state index contributed by atoms with van der Waals surface area (Å²) in [5.74, 6) is 1.84. The average Bonchev–Trinajstić information content (AvgIpc) is 3.26. The Balaban J connectivity index is 1.69. The second kappa shape index (κ2) is 7.64. The smallest absolute Gasteiger partial charge is 0.230 e. The van der Waals surface area contributed by atoms with E-state index in [0.29, 0.717) is 18.3 Å². The van der Waals surface area contributed by atoms with Crippen molar-refractivity contribution in [2.24, 2.45) is 13.0 Å². The Kier molecular flexibility index (Phi) is 5.49. The molecule has 1 aliphatic carbocycles. The monoisotopic (exact) mass is 357 g/mol. The van der Waals surface area contributed by atoms with Gasteiger partial charge in [0.05, 0.1) is 17.8 Å². The Hall–Kier alpha value is -2.11. The molecule has 6 heteroatoms. The van der Waals surface area contributed by atoms with Crippen LogP contribution in [-0.4, -0.2) is 25.5 Å². The Bertz CT molecular complexity index is 780. The fourth-order valence-electron chi connectivity index (χ4n) is 3.89. The van der Waals surface area contributed by atoms with Crippen LogP contribution < -0.4 is 5.32 Å². The number of carbonyl (C=O) groups is 1. The topological polar surface area (TPSA) is 64.7 Å². The number of aryl methyl sites for hydroxylation is 2. The number of nitrogens with one attached hydrogen (secondary N) is 1. The molecule has 0 unspecified atom stereocenters. The molecule has 142 valence electrons. The summed E-state index contributed by atoms with van der Waals surface area (Å²) in [6.45, 7) is 9.25. The molecule has 3 rings (SSSR count). The second-order valence-electron chi connectivity index (χ2n) is 8.01. The lowest BCUT2D eigenvalue weighted by Crippen LogP contribution is -2.17. The molecule has 0 saturated heterocycles. The summed E-state index contributed by atoms with van der Waals surface area (Å²) in [5, 5.41) is 12.2. The zero-order valence-corrected chi connectivity index (χ0v) is 16.7. The number of rotatable bonds is 6. The van der Waals surface area contributed by atoms with Crippen molar-refractivity contribution in [2.45, 2.75) is 72.3 Å². The molecule has 1 fully saturated rings. The summed E-state index contributed by atoms with van der Waals surface area (Å²) in [6, 6.07) is 2.04. The van der Waals surface area contributed by atoms with Gasteiger partial charge in [0.2, 0.25) is 5.91 Å². The van der Waals surface area contributed by atoms with Crippen LogP contribution in [0, 0.1) is 19.8 Å². The highest BCUT2D eigenvalue weighted by atomic mass is 16.1. The largest absolute Gasteiger partial charge is 0.311 e. The van der Waals surface area contributed by atoms with Crippen molar-refractivity contribution in [3.05, 3.63) is 28.7 Å². The first kappa shape index (κ1) is 18.7. The van der Waals surface area contributed by atoms with E-state index in [0.717, 1.165) is 35.0 Å². The summed E-state index contributed by atoms with van der Waals surface area (Å²) in [4.78, 5) is 12.6. The molecule has 0 aliphatic heterocycles. The van der Waals surface area contributed by atoms with Crippen LogP contribution in [0.25, 0.3) is 0 Å². The fourth-order valence-corrected chi connectivity index (χ4v) is 3.89. The summed E-state index contributed by atoms with van der Waals surface area (Å²) in [6.07, 6.45) is 5.32. The van der Waals surface area contributed by atoms with Crippen molar-refractivity contribution in [2.75, 3.05) is 5.32 Å². The van der Waals surface area contributed by atoms with Gasteiger partial charge in [-0.25, -0.2) is 0 Å². The van der Waals surface area contributed by atoms with Crippen molar-refractivity contribution in [3.8, 4) is 0 Å². The van der Waals surface area contributed by atoms with Gasteiger partial charge in [-0.2, -0.15) is 10.2 Å². The molecule has 2 aromatic rings. The van der Waals surface area contributed by atoms with Crippen molar-refractivity contribution < 1.29 is 4.79 Å². The second-order valence-corrected chi connectivity index (χ2v) is 8.01. The Morgan fingerprint density at radius 2 is 1.96 bits per heavy atom. The lowest BCUT2D eigenvalue weighted by molar-refractivity contribution is -0.115. The van der Waals surface area contributed by atoms with Crippen LogP contribution in [0.15, 0.2) is 6.07 Å². The molecule has 0 bridgehead atoms. The van der Waals surface area contributed by atoms with E-state index >= 15 is 0 Å². The molecule has 26 heavy (non-hydrogen) atoms. The quantitative estimate of drug-likeness (QED) is 0.857. The van der Waals surface area contributed by atoms with E-state index in [1.807, 2.05) is 31.6 Å². The normalized spacial score (nSPS) is 15.2. The minimum absolute atomic E-state index is 0.0127. The van der Waals surface area contributed by atoms with E-state index in [-0.39, 0.29) is 5.91 Å². The fraction of sp³-hybridized carbons (Fsp3) is 0.650. The van der Waals surface area contributed by atoms with Crippen LogP contribution in [-0.2, 0) is 24.8 Å². The number of hydrogen-bond donors (Lipinski definition) is 1. The van der Waals surface area contributed by atoms with Gasteiger partial charge in [0.15, 0.2) is 0 Å². The minimum atomic E-state index is -0.0127. The lowest BCUT2D eigenvalue weighted by atomic mass is 10.0. The zero-order valence-electron chi connectivity index (χ0n) is 16.7. The molecule has 1 N–H and O–H groups in total. The molecule has 1 amide bonds. The number of carbonyl (C=O) groups excluding carboxylic acids is 1. The lowest BCUT2D eigenvalue weighted by Gasteiger charge is -2.08. The highest BCUT2D eigenvalue weighted by molar-refractivity contribution is 5.91. The maximum absolute atomic E-state index is 12.6. The van der Waals surface area contributed by atoms with Gasteiger partial charge < -0.3 is 5.32 Å². The Morgan fingerprint density at radius 1 is 1.27 bits per heavy atom. The highest BCUT2D eigenvalue weighted by Crippen LogP contribution is 2.34. The van der Waals surface area contributed by atoms with Crippen molar-refractivity contribution >= 4 is 11.7 Å². The van der Waals surface area contributed by atoms with Crippen LogP contribution >= 0.6 is 0 Å². The third-order valence-corrected chi connectivity index (χ3v) is 5.35. The number of hydrogen-bond acceptors (Lipinski definition) is 3. The van der Waals surface area contributed by atoms with Crippen LogP contribution in [0.3, 0.4) is 0 Å². The van der Waals surface area contributed by atoms with Gasteiger partial charge in [0, 0.05) is 36.8 Å². The summed E-state index contributed by atoms with van der Waals surface area (Å²) in [7, 11) is 1.89. The van der Waals surface area contributed by atoms with Gasteiger partial charge >= 0.3 is 0 Å². The summed E-state index contributed by atoms with van der Waals surface area (Å²) >= 11 is 0. The zero-order chi connectivity index (χ0) is 18.8. The molecule has 0 radical (unpaired) electrons. The molecular weight excluding hydrogens is 326 g/mol. The van der Waals surface area contributed by atoms with Crippen molar-refractivity contribution in [1.82, 2.24) is 19.6 Å². The number of amides is 1. The van der Waals surface area contributed by atoms with Gasteiger partial charge in [0.1, 0.15) is 5.82 Å². The standard InChI is InChI=1S/C20H31N5O/c1-13(2)12-25-15(4)17(14(3)22-25)10-20(26)21-19-11-18(23-24(19)5)16-8-6-7-9-16/h11,13,16H,6-10,12H2,1-5H3,(H,21,26). The van der Waals surface area contributed by atoms with Crippen LogP contribution in [0.1, 0.15) is 68.1 Å². The van der Waals surface area contributed by atoms with E-state index in [4.69, 9.17) is 0 Å². The van der Waals surface area contributed by atoms with E-state index in [2.05, 4.69) is 29.4 Å².